The van der Waals surface area contributed by atoms with Crippen LogP contribution in [0.2, 0.25) is 0 Å². The van der Waals surface area contributed by atoms with Crippen LogP contribution in [-0.2, 0) is 19.5 Å². The lowest BCUT2D eigenvalue weighted by Gasteiger charge is -2.31. The normalized spacial score (nSPS) is 12.4. The quantitative estimate of drug-likeness (QED) is 0.251. The molecule has 0 saturated heterocycles. The Morgan fingerprint density at radius 3 is 1.17 bits per heavy atom. The largest absolute Gasteiger partial charge is 0.473 e. The summed E-state index contributed by atoms with van der Waals surface area (Å²) in [5, 5.41) is 0. The van der Waals surface area contributed by atoms with E-state index in [0.717, 1.165) is 31.0 Å². The van der Waals surface area contributed by atoms with Crippen molar-refractivity contribution >= 4 is 11.4 Å². The number of hydrogen-bond acceptors (Lipinski definition) is 4. The predicted molar refractivity (Wildman–Crippen MR) is 177 cm³/mol. The van der Waals surface area contributed by atoms with Gasteiger partial charge in [-0.25, -0.2) is 0 Å². The Kier molecular flexibility index (Phi) is 15.0. The fourth-order valence-corrected chi connectivity index (χ4v) is 4.56. The maximum atomic E-state index is 5.91. The average Bonchev–Trinajstić information content (AvgIpc) is 3.08. The van der Waals surface area contributed by atoms with E-state index in [-0.39, 0.29) is 0 Å². The van der Waals surface area contributed by atoms with Crippen LogP contribution in [0.15, 0.2) is 97.1 Å². The molecular weight excluding hydrogens is 504 g/mol. The molecule has 2 aliphatic rings. The Hall–Kier alpha value is -3.92. The molecule has 6 rings (SSSR count). The van der Waals surface area contributed by atoms with Gasteiger partial charge in [0.05, 0.1) is 0 Å². The van der Waals surface area contributed by atoms with Crippen molar-refractivity contribution < 1.29 is 9.47 Å². The molecule has 2 aliphatic heterocycles. The van der Waals surface area contributed by atoms with Crippen molar-refractivity contribution in [1.82, 2.24) is 0 Å². The van der Waals surface area contributed by atoms with E-state index in [0.29, 0.717) is 13.5 Å². The van der Waals surface area contributed by atoms with Crippen LogP contribution < -0.4 is 19.3 Å². The second-order valence-corrected chi connectivity index (χ2v) is 8.67. The van der Waals surface area contributed by atoms with Crippen LogP contribution in [0.3, 0.4) is 0 Å². The van der Waals surface area contributed by atoms with Crippen molar-refractivity contribution in [1.29, 1.82) is 0 Å². The third-order valence-corrected chi connectivity index (χ3v) is 6.43. The summed E-state index contributed by atoms with van der Waals surface area (Å²) in [7, 11) is 0. The molecule has 0 unspecified atom stereocenters. The van der Waals surface area contributed by atoms with E-state index in [2.05, 4.69) is 82.6 Å². The van der Waals surface area contributed by atoms with Gasteiger partial charge in [0.25, 0.3) is 0 Å². The molecule has 41 heavy (non-hydrogen) atoms. The third-order valence-electron chi connectivity index (χ3n) is 6.43. The lowest BCUT2D eigenvalue weighted by atomic mass is 10.0. The Morgan fingerprint density at radius 1 is 0.463 bits per heavy atom. The summed E-state index contributed by atoms with van der Waals surface area (Å²) in [5.74, 6) is 1.99. The molecule has 0 saturated carbocycles. The molecule has 0 spiro atoms. The van der Waals surface area contributed by atoms with Crippen molar-refractivity contribution in [2.24, 2.45) is 0 Å². The summed E-state index contributed by atoms with van der Waals surface area (Å²) in [6, 6.07) is 34.2. The van der Waals surface area contributed by atoms with E-state index < -0.39 is 0 Å². The molecule has 4 heteroatoms. The number of ether oxygens (including phenoxy) is 2. The molecular formula is C37H50N2O2. The standard InChI is InChI=1S/C29H26N2O2.4C2H6/c1-3-7-28-24(5-1)18-30(20-32-28)26-13-9-22(10-14-26)17-23-11-15-27(16-12-23)31-19-25-6-2-4-8-29(25)33-21-31;4*1-2/h1-16H,17-21H2;4*1-2H3. The van der Waals surface area contributed by atoms with E-state index in [1.54, 1.807) is 0 Å². The maximum absolute atomic E-state index is 5.91. The summed E-state index contributed by atoms with van der Waals surface area (Å²) in [4.78, 5) is 4.53. The van der Waals surface area contributed by atoms with Crippen LogP contribution in [-0.4, -0.2) is 13.5 Å². The minimum atomic E-state index is 0.586. The van der Waals surface area contributed by atoms with Crippen LogP contribution in [0.1, 0.15) is 77.6 Å². The van der Waals surface area contributed by atoms with Crippen LogP contribution >= 0.6 is 0 Å². The van der Waals surface area contributed by atoms with Gasteiger partial charge in [-0.15, -0.1) is 0 Å². The summed E-state index contributed by atoms with van der Waals surface area (Å²) >= 11 is 0. The number of anilines is 2. The smallest absolute Gasteiger partial charge is 0.161 e. The molecule has 220 valence electrons. The Balaban J connectivity index is 0.000000679. The van der Waals surface area contributed by atoms with Crippen LogP contribution in [0.4, 0.5) is 11.4 Å². The van der Waals surface area contributed by atoms with Gasteiger partial charge in [-0.1, -0.05) is 116 Å². The zero-order chi connectivity index (χ0) is 30.0. The number of para-hydroxylation sites is 2. The lowest BCUT2D eigenvalue weighted by molar-refractivity contribution is 0.289. The first-order chi connectivity index (χ1) is 20.3. The van der Waals surface area contributed by atoms with Gasteiger partial charge in [-0.05, 0) is 53.9 Å². The topological polar surface area (TPSA) is 24.9 Å². The van der Waals surface area contributed by atoms with E-state index in [4.69, 9.17) is 9.47 Å². The van der Waals surface area contributed by atoms with Crippen molar-refractivity contribution in [2.75, 3.05) is 23.3 Å². The SMILES string of the molecule is CC.CC.CC.CC.c1ccc2c(c1)CN(c1ccc(Cc3ccc(N4COc5ccccc5C4)cc3)cc1)CO2. The zero-order valence-corrected chi connectivity index (χ0v) is 26.5. The van der Waals surface area contributed by atoms with Crippen molar-refractivity contribution in [3.8, 4) is 11.5 Å². The minimum absolute atomic E-state index is 0.586. The summed E-state index contributed by atoms with van der Waals surface area (Å²) in [6.07, 6.45) is 0.916. The number of hydrogen-bond donors (Lipinski definition) is 0. The van der Waals surface area contributed by atoms with Crippen LogP contribution in [0.25, 0.3) is 0 Å². The van der Waals surface area contributed by atoms with Gasteiger partial charge in [0.15, 0.2) is 13.5 Å². The highest BCUT2D eigenvalue weighted by molar-refractivity contribution is 5.53. The highest BCUT2D eigenvalue weighted by atomic mass is 16.5. The molecule has 0 N–H and O–H groups in total. The number of benzene rings is 4. The molecule has 4 aromatic carbocycles. The number of fused-ring (bicyclic) bond motifs is 2. The van der Waals surface area contributed by atoms with E-state index in [1.165, 1.54) is 33.6 Å². The highest BCUT2D eigenvalue weighted by Crippen LogP contribution is 2.30. The molecule has 0 bridgehead atoms. The van der Waals surface area contributed by atoms with E-state index >= 15 is 0 Å². The summed E-state index contributed by atoms with van der Waals surface area (Å²) in [6.45, 7) is 18.9. The van der Waals surface area contributed by atoms with Crippen LogP contribution in [0, 0.1) is 0 Å². The first-order valence-electron chi connectivity index (χ1n) is 15.4. The third kappa shape index (κ3) is 9.04. The minimum Gasteiger partial charge on any atom is -0.473 e. The van der Waals surface area contributed by atoms with Crippen molar-refractivity contribution in [3.63, 3.8) is 0 Å². The highest BCUT2D eigenvalue weighted by Gasteiger charge is 2.18. The lowest BCUT2D eigenvalue weighted by Crippen LogP contribution is -2.31. The summed E-state index contributed by atoms with van der Waals surface area (Å²) < 4.78 is 11.8. The van der Waals surface area contributed by atoms with Gasteiger partial charge in [0.1, 0.15) is 11.5 Å². The van der Waals surface area contributed by atoms with E-state index in [9.17, 15) is 0 Å². The first-order valence-corrected chi connectivity index (χ1v) is 15.4. The average molecular weight is 555 g/mol. The molecule has 0 amide bonds. The van der Waals surface area contributed by atoms with Gasteiger partial charge < -0.3 is 19.3 Å². The molecule has 2 heterocycles. The molecule has 0 radical (unpaired) electrons. The molecule has 0 aromatic heterocycles. The maximum Gasteiger partial charge on any atom is 0.161 e. The van der Waals surface area contributed by atoms with Crippen molar-refractivity contribution in [2.45, 2.75) is 74.9 Å². The molecule has 0 atom stereocenters. The van der Waals surface area contributed by atoms with Crippen LogP contribution in [0.5, 0.6) is 11.5 Å². The van der Waals surface area contributed by atoms with Crippen molar-refractivity contribution in [3.05, 3.63) is 119 Å². The fraction of sp³-hybridized carbons (Fsp3) is 0.351. The molecule has 4 aromatic rings. The first kappa shape index (κ1) is 33.3. The Labute approximate surface area is 249 Å². The molecule has 0 fully saturated rings. The second kappa shape index (κ2) is 18.4. The second-order valence-electron chi connectivity index (χ2n) is 8.67. The number of nitrogens with zero attached hydrogens (tertiary/aromatic N) is 2. The van der Waals surface area contributed by atoms with Gasteiger partial charge in [0, 0.05) is 35.6 Å². The van der Waals surface area contributed by atoms with Gasteiger partial charge in [-0.2, -0.15) is 0 Å². The predicted octanol–water partition coefficient (Wildman–Crippen LogP) is 10.1. The Morgan fingerprint density at radius 2 is 0.805 bits per heavy atom. The zero-order valence-electron chi connectivity index (χ0n) is 26.5. The van der Waals surface area contributed by atoms with Gasteiger partial charge >= 0.3 is 0 Å². The summed E-state index contributed by atoms with van der Waals surface area (Å²) in [5.41, 5.74) is 7.45. The van der Waals surface area contributed by atoms with E-state index in [1.807, 2.05) is 79.7 Å². The molecule has 4 nitrogen and oxygen atoms in total. The molecule has 0 aliphatic carbocycles. The Bertz CT molecular complexity index is 1150. The van der Waals surface area contributed by atoms with Gasteiger partial charge in [-0.3, -0.25) is 0 Å². The van der Waals surface area contributed by atoms with Gasteiger partial charge in [0.2, 0.25) is 0 Å². The monoisotopic (exact) mass is 554 g/mol. The fourth-order valence-electron chi connectivity index (χ4n) is 4.56. The number of rotatable bonds is 4.